The molecule has 1 amide bonds. The van der Waals surface area contributed by atoms with E-state index in [1.165, 1.54) is 128 Å². The van der Waals surface area contributed by atoms with Crippen molar-refractivity contribution in [3.8, 4) is 5.75 Å². The number of nitrogens with one attached hydrogen (secondary N) is 1. The minimum atomic E-state index is -1.09. The normalized spacial score (nSPS) is 11.3. The molecule has 0 aliphatic heterocycles. The molecule has 0 saturated heterocycles. The quantitative estimate of drug-likeness (QED) is 0.0591. The molecule has 0 bridgehead atoms. The predicted octanol–water partition coefficient (Wildman–Crippen LogP) is 10.6. The molecule has 260 valence electrons. The van der Waals surface area contributed by atoms with E-state index in [2.05, 4.69) is 19.2 Å². The van der Waals surface area contributed by atoms with Gasteiger partial charge in [-0.15, -0.1) is 0 Å². The lowest BCUT2D eigenvalue weighted by atomic mass is 10.1. The number of hydrogen-bond donors (Lipinski definition) is 2. The lowest BCUT2D eigenvalue weighted by Gasteiger charge is -2.20. The van der Waals surface area contributed by atoms with E-state index in [4.69, 9.17) is 19.3 Å². The SMILES string of the molecule is CCCCCCCCCCCCCCOC(OCCCCCCCCCCCCCC)Oc1cccc(C(=O)NCC(=O)O)c1. The molecule has 1 aromatic rings. The molecular formula is C38H67NO6. The summed E-state index contributed by atoms with van der Waals surface area (Å²) in [6.07, 6.45) is 30.9. The van der Waals surface area contributed by atoms with Crippen LogP contribution in [0.25, 0.3) is 0 Å². The maximum Gasteiger partial charge on any atom is 0.322 e. The Bertz CT molecular complexity index is 802. The second kappa shape index (κ2) is 30.5. The van der Waals surface area contributed by atoms with Gasteiger partial charge in [-0.2, -0.15) is 0 Å². The number of aliphatic carboxylic acids is 1. The molecule has 0 unspecified atom stereocenters. The van der Waals surface area contributed by atoms with Gasteiger partial charge in [0.15, 0.2) is 0 Å². The third-order valence-electron chi connectivity index (χ3n) is 8.23. The Kier molecular flexibility index (Phi) is 27.8. The van der Waals surface area contributed by atoms with Crippen molar-refractivity contribution >= 4 is 11.9 Å². The second-order valence-electron chi connectivity index (χ2n) is 12.5. The van der Waals surface area contributed by atoms with Crippen molar-refractivity contribution in [2.24, 2.45) is 0 Å². The molecule has 0 aliphatic rings. The fraction of sp³-hybridized carbons (Fsp3) is 0.789. The Morgan fingerprint density at radius 1 is 0.622 bits per heavy atom. The summed E-state index contributed by atoms with van der Waals surface area (Å²) >= 11 is 0. The van der Waals surface area contributed by atoms with Crippen molar-refractivity contribution < 1.29 is 28.9 Å². The molecule has 7 nitrogen and oxygen atoms in total. The third-order valence-corrected chi connectivity index (χ3v) is 8.23. The van der Waals surface area contributed by atoms with Crippen molar-refractivity contribution in [1.82, 2.24) is 5.32 Å². The van der Waals surface area contributed by atoms with Crippen LogP contribution in [0.4, 0.5) is 0 Å². The molecule has 0 fully saturated rings. The number of unbranched alkanes of at least 4 members (excludes halogenated alkanes) is 22. The standard InChI is InChI=1S/C38H67NO6/c1-3-5-7-9-11-13-15-17-19-21-23-25-30-43-38(44-31-26-24-22-20-18-16-14-12-10-8-6-4-2)45-35-29-27-28-34(32-35)37(42)39-33-36(40)41/h27-29,32,38H,3-26,30-31,33H2,1-2H3,(H,39,42)(H,40,41). The number of carboxylic acids is 1. The Morgan fingerprint density at radius 2 is 1.02 bits per heavy atom. The van der Waals surface area contributed by atoms with E-state index in [9.17, 15) is 9.59 Å². The van der Waals surface area contributed by atoms with Gasteiger partial charge in [0.05, 0.1) is 13.2 Å². The molecule has 0 aromatic heterocycles. The molecule has 0 aliphatic carbocycles. The van der Waals surface area contributed by atoms with Crippen LogP contribution in [-0.4, -0.2) is 43.2 Å². The molecule has 1 aromatic carbocycles. The first-order chi connectivity index (χ1) is 22.1. The zero-order valence-corrected chi connectivity index (χ0v) is 29.0. The van der Waals surface area contributed by atoms with Crippen LogP contribution in [-0.2, 0) is 14.3 Å². The molecule has 0 atom stereocenters. The highest BCUT2D eigenvalue weighted by atomic mass is 16.8. The third kappa shape index (κ3) is 25.7. The molecule has 0 spiro atoms. The first kappa shape index (κ1) is 40.9. The monoisotopic (exact) mass is 633 g/mol. The zero-order valence-electron chi connectivity index (χ0n) is 29.0. The second-order valence-corrected chi connectivity index (χ2v) is 12.5. The Labute approximate surface area is 275 Å². The van der Waals surface area contributed by atoms with E-state index in [0.717, 1.165) is 25.7 Å². The van der Waals surface area contributed by atoms with Gasteiger partial charge >= 0.3 is 12.4 Å². The van der Waals surface area contributed by atoms with Gasteiger partial charge in [-0.1, -0.05) is 161 Å². The number of carboxylic acid groups (broad SMARTS) is 1. The van der Waals surface area contributed by atoms with Crippen LogP contribution >= 0.6 is 0 Å². The van der Waals surface area contributed by atoms with Crippen molar-refractivity contribution in [2.75, 3.05) is 19.8 Å². The highest BCUT2D eigenvalue weighted by molar-refractivity contribution is 5.96. The van der Waals surface area contributed by atoms with E-state index in [-0.39, 0.29) is 0 Å². The van der Waals surface area contributed by atoms with Gasteiger partial charge in [0.2, 0.25) is 0 Å². The van der Waals surface area contributed by atoms with Crippen LogP contribution in [0.5, 0.6) is 5.75 Å². The first-order valence-electron chi connectivity index (χ1n) is 18.6. The number of benzene rings is 1. The van der Waals surface area contributed by atoms with E-state index in [1.807, 2.05) is 0 Å². The van der Waals surface area contributed by atoms with E-state index >= 15 is 0 Å². The predicted molar refractivity (Wildman–Crippen MR) is 185 cm³/mol. The number of ether oxygens (including phenoxy) is 3. The maximum atomic E-state index is 12.3. The topological polar surface area (TPSA) is 94.1 Å². The molecule has 7 heteroatoms. The highest BCUT2D eigenvalue weighted by Gasteiger charge is 2.14. The molecular weight excluding hydrogens is 566 g/mol. The van der Waals surface area contributed by atoms with Crippen molar-refractivity contribution in [3.05, 3.63) is 29.8 Å². The number of carbonyl (C=O) groups is 2. The lowest BCUT2D eigenvalue weighted by Crippen LogP contribution is -2.29. The molecule has 1 rings (SSSR count). The lowest BCUT2D eigenvalue weighted by molar-refractivity contribution is -0.247. The van der Waals surface area contributed by atoms with E-state index < -0.39 is 24.9 Å². The van der Waals surface area contributed by atoms with Gasteiger partial charge in [-0.05, 0) is 31.0 Å². The summed E-state index contributed by atoms with van der Waals surface area (Å²) in [6, 6.07) is 6.67. The number of hydrogen-bond acceptors (Lipinski definition) is 5. The highest BCUT2D eigenvalue weighted by Crippen LogP contribution is 2.18. The zero-order chi connectivity index (χ0) is 32.6. The van der Waals surface area contributed by atoms with Gasteiger partial charge in [0.25, 0.3) is 5.91 Å². The number of carbonyl (C=O) groups excluding carboxylic acids is 1. The van der Waals surface area contributed by atoms with Gasteiger partial charge in [0.1, 0.15) is 12.3 Å². The summed E-state index contributed by atoms with van der Waals surface area (Å²) in [5, 5.41) is 11.2. The summed E-state index contributed by atoms with van der Waals surface area (Å²) in [7, 11) is 0. The van der Waals surface area contributed by atoms with E-state index in [1.54, 1.807) is 24.3 Å². The maximum absolute atomic E-state index is 12.3. The summed E-state index contributed by atoms with van der Waals surface area (Å²) < 4.78 is 18.0. The average Bonchev–Trinajstić information content (AvgIpc) is 3.04. The fourth-order valence-corrected chi connectivity index (χ4v) is 5.44. The Morgan fingerprint density at radius 3 is 1.42 bits per heavy atom. The molecule has 0 radical (unpaired) electrons. The first-order valence-corrected chi connectivity index (χ1v) is 18.6. The van der Waals surface area contributed by atoms with Crippen LogP contribution in [0.15, 0.2) is 24.3 Å². The summed E-state index contributed by atoms with van der Waals surface area (Å²) in [5.41, 5.74) is 0.328. The van der Waals surface area contributed by atoms with Crippen molar-refractivity contribution in [3.63, 3.8) is 0 Å². The minimum absolute atomic E-state index is 0.328. The molecule has 0 heterocycles. The number of rotatable bonds is 33. The van der Waals surface area contributed by atoms with Gasteiger partial charge in [0, 0.05) is 5.56 Å². The Hall–Kier alpha value is -2.12. The van der Waals surface area contributed by atoms with Crippen LogP contribution in [0, 0.1) is 0 Å². The summed E-state index contributed by atoms with van der Waals surface area (Å²) in [5.74, 6) is -1.10. The largest absolute Gasteiger partial charge is 0.480 e. The molecule has 0 saturated carbocycles. The summed E-state index contributed by atoms with van der Waals surface area (Å²) in [4.78, 5) is 23.1. The van der Waals surface area contributed by atoms with Gasteiger partial charge < -0.3 is 24.6 Å². The van der Waals surface area contributed by atoms with Crippen LogP contribution in [0.2, 0.25) is 0 Å². The smallest absolute Gasteiger partial charge is 0.322 e. The average molecular weight is 634 g/mol. The van der Waals surface area contributed by atoms with Gasteiger partial charge in [-0.25, -0.2) is 0 Å². The van der Waals surface area contributed by atoms with E-state index in [0.29, 0.717) is 24.5 Å². The Balaban J connectivity index is 2.35. The molecule has 45 heavy (non-hydrogen) atoms. The van der Waals surface area contributed by atoms with Crippen molar-refractivity contribution in [2.45, 2.75) is 174 Å². The molecule has 2 N–H and O–H groups in total. The minimum Gasteiger partial charge on any atom is -0.480 e. The van der Waals surface area contributed by atoms with Crippen LogP contribution in [0.1, 0.15) is 178 Å². The number of amides is 1. The van der Waals surface area contributed by atoms with Crippen LogP contribution < -0.4 is 10.1 Å². The fourth-order valence-electron chi connectivity index (χ4n) is 5.44. The van der Waals surface area contributed by atoms with Crippen molar-refractivity contribution in [1.29, 1.82) is 0 Å². The van der Waals surface area contributed by atoms with Crippen LogP contribution in [0.3, 0.4) is 0 Å². The summed E-state index contributed by atoms with van der Waals surface area (Å²) in [6.45, 7) is 4.36. The van der Waals surface area contributed by atoms with Gasteiger partial charge in [-0.3, -0.25) is 9.59 Å².